The van der Waals surface area contributed by atoms with Crippen LogP contribution < -0.4 is 5.32 Å². The number of aliphatic hydroxyl groups is 1. The molecule has 2 atom stereocenters. The van der Waals surface area contributed by atoms with Crippen molar-refractivity contribution in [1.82, 2.24) is 10.2 Å². The van der Waals surface area contributed by atoms with Crippen molar-refractivity contribution in [3.8, 4) is 0 Å². The monoisotopic (exact) mass is 308 g/mol. The molecule has 2 amide bonds. The van der Waals surface area contributed by atoms with E-state index >= 15 is 0 Å². The molecule has 0 aliphatic carbocycles. The summed E-state index contributed by atoms with van der Waals surface area (Å²) >= 11 is 0. The molecule has 2 rings (SSSR count). The largest absolute Gasteiger partial charge is 0.391 e. The Kier molecular flexibility index (Phi) is 5.06. The van der Waals surface area contributed by atoms with Crippen molar-refractivity contribution in [2.75, 3.05) is 13.1 Å². The van der Waals surface area contributed by atoms with Crippen molar-refractivity contribution in [3.63, 3.8) is 0 Å². The Bertz CT molecular complexity index is 528. The van der Waals surface area contributed by atoms with Gasteiger partial charge >= 0.3 is 6.03 Å². The third-order valence-corrected chi connectivity index (χ3v) is 4.00. The van der Waals surface area contributed by atoms with Gasteiger partial charge in [0.1, 0.15) is 5.82 Å². The second kappa shape index (κ2) is 6.65. The zero-order valence-corrected chi connectivity index (χ0v) is 13.5. The van der Waals surface area contributed by atoms with Gasteiger partial charge in [0.05, 0.1) is 12.1 Å². The molecule has 122 valence electrons. The van der Waals surface area contributed by atoms with Gasteiger partial charge in [0.15, 0.2) is 0 Å². The van der Waals surface area contributed by atoms with E-state index in [1.165, 1.54) is 12.1 Å². The Labute approximate surface area is 131 Å². The van der Waals surface area contributed by atoms with Crippen LogP contribution in [0.2, 0.25) is 0 Å². The van der Waals surface area contributed by atoms with E-state index in [-0.39, 0.29) is 23.3 Å². The zero-order valence-electron chi connectivity index (χ0n) is 13.5. The first-order valence-corrected chi connectivity index (χ1v) is 7.76. The minimum absolute atomic E-state index is 0.206. The van der Waals surface area contributed by atoms with Crippen LogP contribution in [0.25, 0.3) is 0 Å². The van der Waals surface area contributed by atoms with E-state index in [2.05, 4.69) is 5.32 Å². The normalized spacial score (nSPS) is 20.6. The minimum Gasteiger partial charge on any atom is -0.391 e. The maximum absolute atomic E-state index is 13.5. The van der Waals surface area contributed by atoms with Gasteiger partial charge in [-0.15, -0.1) is 0 Å². The van der Waals surface area contributed by atoms with E-state index in [1.54, 1.807) is 11.0 Å². The fraction of sp³-hybridized carbons (Fsp3) is 0.588. The second-order valence-corrected chi connectivity index (χ2v) is 7.05. The van der Waals surface area contributed by atoms with Crippen LogP contribution in [0.1, 0.15) is 45.2 Å². The summed E-state index contributed by atoms with van der Waals surface area (Å²) in [6.45, 7) is 7.02. The highest BCUT2D eigenvalue weighted by Crippen LogP contribution is 2.33. The van der Waals surface area contributed by atoms with Crippen LogP contribution in [0.4, 0.5) is 9.18 Å². The molecule has 1 aliphatic rings. The zero-order chi connectivity index (χ0) is 16.3. The van der Waals surface area contributed by atoms with Crippen molar-refractivity contribution >= 4 is 6.03 Å². The van der Waals surface area contributed by atoms with Crippen LogP contribution in [-0.4, -0.2) is 35.2 Å². The van der Waals surface area contributed by atoms with E-state index in [4.69, 9.17) is 0 Å². The molecule has 1 fully saturated rings. The number of likely N-dealkylation sites (tertiary alicyclic amines) is 1. The average molecular weight is 308 g/mol. The van der Waals surface area contributed by atoms with Crippen molar-refractivity contribution in [3.05, 3.63) is 35.6 Å². The minimum atomic E-state index is -0.457. The molecule has 0 spiro atoms. The van der Waals surface area contributed by atoms with Crippen LogP contribution >= 0.6 is 0 Å². The first kappa shape index (κ1) is 16.7. The number of piperidine rings is 1. The summed E-state index contributed by atoms with van der Waals surface area (Å²) in [7, 11) is 0. The summed E-state index contributed by atoms with van der Waals surface area (Å²) in [6.07, 6.45) is 1.08. The third kappa shape index (κ3) is 4.19. The third-order valence-electron chi connectivity index (χ3n) is 4.00. The highest BCUT2D eigenvalue weighted by Gasteiger charge is 2.31. The van der Waals surface area contributed by atoms with Gasteiger partial charge in [-0.05, 0) is 36.0 Å². The van der Waals surface area contributed by atoms with Crippen LogP contribution in [0.3, 0.4) is 0 Å². The van der Waals surface area contributed by atoms with Crippen LogP contribution in [0, 0.1) is 11.2 Å². The van der Waals surface area contributed by atoms with E-state index in [1.807, 2.05) is 26.8 Å². The smallest absolute Gasteiger partial charge is 0.317 e. The number of amides is 2. The number of hydrogen-bond donors (Lipinski definition) is 2. The molecule has 0 bridgehead atoms. The van der Waals surface area contributed by atoms with Crippen LogP contribution in [-0.2, 0) is 0 Å². The van der Waals surface area contributed by atoms with Crippen molar-refractivity contribution < 1.29 is 14.3 Å². The van der Waals surface area contributed by atoms with E-state index in [0.717, 1.165) is 18.4 Å². The lowest BCUT2D eigenvalue weighted by atomic mass is 9.82. The SMILES string of the molecule is CC(C)(C)C(NC(=O)N1CCCC(O)C1)c1cccc(F)c1. The van der Waals surface area contributed by atoms with E-state index in [9.17, 15) is 14.3 Å². The van der Waals surface area contributed by atoms with Gasteiger partial charge in [-0.3, -0.25) is 0 Å². The molecule has 4 nitrogen and oxygen atoms in total. The van der Waals surface area contributed by atoms with Crippen LogP contribution in [0.5, 0.6) is 0 Å². The molecule has 1 heterocycles. The highest BCUT2D eigenvalue weighted by molar-refractivity contribution is 5.75. The number of aliphatic hydroxyl groups excluding tert-OH is 1. The average Bonchev–Trinajstić information content (AvgIpc) is 2.43. The predicted octanol–water partition coefficient (Wildman–Crippen LogP) is 3.08. The molecule has 1 aromatic carbocycles. The summed E-state index contributed by atoms with van der Waals surface area (Å²) < 4.78 is 13.5. The number of rotatable bonds is 2. The van der Waals surface area contributed by atoms with Gasteiger partial charge in [0, 0.05) is 13.1 Å². The quantitative estimate of drug-likeness (QED) is 0.882. The number of nitrogens with one attached hydrogen (secondary N) is 1. The van der Waals surface area contributed by atoms with Gasteiger partial charge in [-0.2, -0.15) is 0 Å². The number of halogens is 1. The summed E-state index contributed by atoms with van der Waals surface area (Å²) in [4.78, 5) is 14.1. The van der Waals surface area contributed by atoms with Gasteiger partial charge in [-0.1, -0.05) is 32.9 Å². The first-order chi connectivity index (χ1) is 10.3. The fourth-order valence-electron chi connectivity index (χ4n) is 2.84. The number of benzene rings is 1. The molecular weight excluding hydrogens is 283 g/mol. The van der Waals surface area contributed by atoms with Crippen molar-refractivity contribution in [2.45, 2.75) is 45.8 Å². The number of carbonyl (C=O) groups is 1. The lowest BCUT2D eigenvalue weighted by Crippen LogP contribution is -2.49. The Hall–Kier alpha value is -1.62. The summed E-state index contributed by atoms with van der Waals surface area (Å²) in [6, 6.07) is 5.83. The van der Waals surface area contributed by atoms with Gasteiger partial charge in [-0.25, -0.2) is 9.18 Å². The molecular formula is C17H25FN2O2. The molecule has 2 N–H and O–H groups in total. The van der Waals surface area contributed by atoms with E-state index in [0.29, 0.717) is 13.1 Å². The van der Waals surface area contributed by atoms with Gasteiger partial charge < -0.3 is 15.3 Å². The lowest BCUT2D eigenvalue weighted by Gasteiger charge is -2.36. The number of hydrogen-bond acceptors (Lipinski definition) is 2. The molecule has 1 saturated heterocycles. The molecule has 1 aliphatic heterocycles. The Balaban J connectivity index is 2.15. The summed E-state index contributed by atoms with van der Waals surface area (Å²) in [5.41, 5.74) is 0.496. The lowest BCUT2D eigenvalue weighted by molar-refractivity contribution is 0.0813. The number of carbonyl (C=O) groups excluding carboxylic acids is 1. The predicted molar refractivity (Wildman–Crippen MR) is 83.9 cm³/mol. The summed E-state index contributed by atoms with van der Waals surface area (Å²) in [5, 5.41) is 12.7. The Morgan fingerprint density at radius 2 is 2.18 bits per heavy atom. The van der Waals surface area contributed by atoms with Gasteiger partial charge in [0.25, 0.3) is 0 Å². The molecule has 0 radical (unpaired) electrons. The summed E-state index contributed by atoms with van der Waals surface area (Å²) in [5.74, 6) is -0.311. The maximum atomic E-state index is 13.5. The topological polar surface area (TPSA) is 52.6 Å². The van der Waals surface area contributed by atoms with Crippen LogP contribution in [0.15, 0.2) is 24.3 Å². The molecule has 0 aromatic heterocycles. The fourth-order valence-corrected chi connectivity index (χ4v) is 2.84. The molecule has 22 heavy (non-hydrogen) atoms. The standard InChI is InChI=1S/C17H25FN2O2/c1-17(2,3)15(12-6-4-7-13(18)10-12)19-16(22)20-9-5-8-14(21)11-20/h4,6-7,10,14-15,21H,5,8-9,11H2,1-3H3,(H,19,22). The van der Waals surface area contributed by atoms with Gasteiger partial charge in [0.2, 0.25) is 0 Å². The molecule has 0 saturated carbocycles. The molecule has 5 heteroatoms. The highest BCUT2D eigenvalue weighted by atomic mass is 19.1. The number of nitrogens with zero attached hydrogens (tertiary/aromatic N) is 1. The maximum Gasteiger partial charge on any atom is 0.317 e. The number of urea groups is 1. The first-order valence-electron chi connectivity index (χ1n) is 7.76. The Morgan fingerprint density at radius 3 is 2.77 bits per heavy atom. The second-order valence-electron chi connectivity index (χ2n) is 7.05. The van der Waals surface area contributed by atoms with Crippen molar-refractivity contribution in [1.29, 1.82) is 0 Å². The number of β-amino-alcohol motifs (C(OH)–C–C–N with tert-alkyl or cyclic N) is 1. The van der Waals surface area contributed by atoms with Crippen molar-refractivity contribution in [2.24, 2.45) is 5.41 Å². The molecule has 1 aromatic rings. The Morgan fingerprint density at radius 1 is 1.45 bits per heavy atom. The molecule has 2 unspecified atom stereocenters. The van der Waals surface area contributed by atoms with E-state index < -0.39 is 6.10 Å².